The van der Waals surface area contributed by atoms with Crippen LogP contribution in [0, 0.1) is 0 Å². The number of rotatable bonds is 5. The molecular weight excluding hydrogens is 248 g/mol. The van der Waals surface area contributed by atoms with Crippen molar-refractivity contribution < 1.29 is 9.59 Å². The van der Waals surface area contributed by atoms with Gasteiger partial charge in [-0.25, -0.2) is 4.68 Å². The minimum absolute atomic E-state index is 0.0268. The van der Waals surface area contributed by atoms with Gasteiger partial charge in [0.25, 0.3) is 5.91 Å². The summed E-state index contributed by atoms with van der Waals surface area (Å²) in [5.74, 6) is -0.511. The molecule has 0 radical (unpaired) electrons. The first-order valence-corrected chi connectivity index (χ1v) is 6.26. The molecule has 0 aromatic carbocycles. The molecule has 1 aromatic rings. The van der Waals surface area contributed by atoms with Crippen molar-refractivity contribution in [3.8, 4) is 0 Å². The quantitative estimate of drug-likeness (QED) is 0.686. The Balaban J connectivity index is 1.85. The van der Waals surface area contributed by atoms with E-state index >= 15 is 0 Å². The Morgan fingerprint density at radius 3 is 2.89 bits per heavy atom. The fourth-order valence-corrected chi connectivity index (χ4v) is 1.58. The van der Waals surface area contributed by atoms with Crippen LogP contribution >= 0.6 is 0 Å². The third kappa shape index (κ3) is 3.08. The van der Waals surface area contributed by atoms with E-state index in [9.17, 15) is 9.59 Å². The van der Waals surface area contributed by atoms with Gasteiger partial charge in [-0.3, -0.25) is 9.59 Å². The lowest BCUT2D eigenvalue weighted by Gasteiger charge is -2.26. The lowest BCUT2D eigenvalue weighted by atomic mass is 10.2. The molecule has 2 heterocycles. The van der Waals surface area contributed by atoms with E-state index in [0.717, 1.165) is 13.1 Å². The molecule has 0 saturated carbocycles. The molecule has 0 bridgehead atoms. The van der Waals surface area contributed by atoms with E-state index in [2.05, 4.69) is 20.9 Å². The van der Waals surface area contributed by atoms with E-state index in [1.165, 1.54) is 4.90 Å². The second-order valence-electron chi connectivity index (χ2n) is 4.49. The van der Waals surface area contributed by atoms with Crippen LogP contribution in [0.15, 0.2) is 6.20 Å². The second-order valence-corrected chi connectivity index (χ2v) is 4.49. The van der Waals surface area contributed by atoms with Crippen molar-refractivity contribution in [1.29, 1.82) is 0 Å². The van der Waals surface area contributed by atoms with Gasteiger partial charge < -0.3 is 15.5 Å². The minimum atomic E-state index is -0.378. The smallest absolute Gasteiger partial charge is 0.273 e. The Morgan fingerprint density at radius 2 is 2.32 bits per heavy atom. The van der Waals surface area contributed by atoms with Gasteiger partial charge in [0.05, 0.1) is 18.8 Å². The first kappa shape index (κ1) is 13.5. The Hall–Kier alpha value is -1.96. The topological polar surface area (TPSA) is 92.2 Å². The number of nitrogens with zero attached hydrogens (tertiary/aromatic N) is 4. The Kier molecular flexibility index (Phi) is 4.10. The summed E-state index contributed by atoms with van der Waals surface area (Å²) < 4.78 is 1.67. The summed E-state index contributed by atoms with van der Waals surface area (Å²) in [5.41, 5.74) is 0.235. The van der Waals surface area contributed by atoms with Crippen LogP contribution in [-0.4, -0.2) is 64.9 Å². The van der Waals surface area contributed by atoms with Crippen molar-refractivity contribution in [2.24, 2.45) is 0 Å². The van der Waals surface area contributed by atoms with E-state index in [4.69, 9.17) is 0 Å². The van der Waals surface area contributed by atoms with Crippen molar-refractivity contribution in [1.82, 2.24) is 30.5 Å². The molecule has 2 amide bonds. The number of hydrogen-bond acceptors (Lipinski definition) is 5. The van der Waals surface area contributed by atoms with Gasteiger partial charge in [-0.1, -0.05) is 5.21 Å². The highest BCUT2D eigenvalue weighted by molar-refractivity contribution is 5.94. The summed E-state index contributed by atoms with van der Waals surface area (Å²) in [6, 6.07) is 0.266. The number of aromatic nitrogens is 3. The predicted octanol–water partition coefficient (Wildman–Crippen LogP) is -1.37. The monoisotopic (exact) mass is 266 g/mol. The van der Waals surface area contributed by atoms with Gasteiger partial charge in [0, 0.05) is 26.7 Å². The van der Waals surface area contributed by atoms with Gasteiger partial charge in [0.1, 0.15) is 0 Å². The molecule has 2 N–H and O–H groups in total. The molecule has 0 aliphatic carbocycles. The number of hydrogen-bond donors (Lipinski definition) is 2. The molecule has 8 nitrogen and oxygen atoms in total. The second kappa shape index (κ2) is 5.79. The Labute approximate surface area is 111 Å². The molecule has 0 spiro atoms. The zero-order valence-electron chi connectivity index (χ0n) is 11.1. The van der Waals surface area contributed by atoms with Crippen LogP contribution in [0.3, 0.4) is 0 Å². The van der Waals surface area contributed by atoms with Crippen LogP contribution in [0.5, 0.6) is 0 Å². The molecule has 1 aliphatic rings. The first-order chi connectivity index (χ1) is 9.11. The maximum absolute atomic E-state index is 11.8. The van der Waals surface area contributed by atoms with Gasteiger partial charge in [-0.2, -0.15) is 0 Å². The van der Waals surface area contributed by atoms with Crippen molar-refractivity contribution >= 4 is 11.8 Å². The fraction of sp³-hybridized carbons (Fsp3) is 0.636. The lowest BCUT2D eigenvalue weighted by molar-refractivity contribution is -0.128. The van der Waals surface area contributed by atoms with Gasteiger partial charge in [-0.05, 0) is 6.92 Å². The summed E-state index contributed by atoms with van der Waals surface area (Å²) in [5, 5.41) is 13.4. The number of amides is 2. The Bertz CT molecular complexity index is 468. The molecule has 2 rings (SSSR count). The van der Waals surface area contributed by atoms with E-state index in [-0.39, 0.29) is 30.1 Å². The molecule has 1 fully saturated rings. The summed E-state index contributed by atoms with van der Waals surface area (Å²) in [6.45, 7) is 4.13. The zero-order valence-corrected chi connectivity index (χ0v) is 11.1. The highest BCUT2D eigenvalue weighted by Gasteiger charge is 2.21. The zero-order chi connectivity index (χ0) is 13.8. The van der Waals surface area contributed by atoms with E-state index in [0.29, 0.717) is 6.54 Å². The fourth-order valence-electron chi connectivity index (χ4n) is 1.58. The van der Waals surface area contributed by atoms with Gasteiger partial charge in [0.15, 0.2) is 5.69 Å². The van der Waals surface area contributed by atoms with Crippen molar-refractivity contribution in [3.63, 3.8) is 0 Å². The van der Waals surface area contributed by atoms with Gasteiger partial charge in [0.2, 0.25) is 5.91 Å². The SMILES string of the molecule is CCN(C)C(=O)CNC(=O)c1cn(C2CNC2)nn1. The molecule has 1 aliphatic heterocycles. The van der Waals surface area contributed by atoms with Gasteiger partial charge in [-0.15, -0.1) is 5.10 Å². The van der Waals surface area contributed by atoms with Crippen molar-refractivity contribution in [2.75, 3.05) is 33.2 Å². The molecule has 104 valence electrons. The van der Waals surface area contributed by atoms with Crippen molar-refractivity contribution in [2.45, 2.75) is 13.0 Å². The van der Waals surface area contributed by atoms with Crippen LogP contribution in [-0.2, 0) is 4.79 Å². The molecule has 0 atom stereocenters. The van der Waals surface area contributed by atoms with Crippen LogP contribution in [0.1, 0.15) is 23.5 Å². The molecule has 0 unspecified atom stereocenters. The molecule has 1 saturated heterocycles. The summed E-state index contributed by atoms with van der Waals surface area (Å²) >= 11 is 0. The number of nitrogens with one attached hydrogen (secondary N) is 2. The average Bonchev–Trinajstić information content (AvgIpc) is 2.81. The molecule has 1 aromatic heterocycles. The van der Waals surface area contributed by atoms with Crippen molar-refractivity contribution in [3.05, 3.63) is 11.9 Å². The van der Waals surface area contributed by atoms with E-state index < -0.39 is 0 Å². The average molecular weight is 266 g/mol. The third-order valence-corrected chi connectivity index (χ3v) is 3.18. The normalized spacial score (nSPS) is 14.8. The predicted molar refractivity (Wildman–Crippen MR) is 67.6 cm³/mol. The van der Waals surface area contributed by atoms with Crippen LogP contribution in [0.2, 0.25) is 0 Å². The minimum Gasteiger partial charge on any atom is -0.345 e. The molecule has 8 heteroatoms. The number of likely N-dealkylation sites (N-methyl/N-ethyl adjacent to an activating group) is 1. The largest absolute Gasteiger partial charge is 0.345 e. The summed E-state index contributed by atoms with van der Waals surface area (Å²) in [4.78, 5) is 24.9. The van der Waals surface area contributed by atoms with Crippen LogP contribution in [0.4, 0.5) is 0 Å². The third-order valence-electron chi connectivity index (χ3n) is 3.18. The molecular formula is C11H18N6O2. The highest BCUT2D eigenvalue weighted by atomic mass is 16.2. The Morgan fingerprint density at radius 1 is 1.58 bits per heavy atom. The highest BCUT2D eigenvalue weighted by Crippen LogP contribution is 2.09. The first-order valence-electron chi connectivity index (χ1n) is 6.26. The molecule has 19 heavy (non-hydrogen) atoms. The van der Waals surface area contributed by atoms with Crippen LogP contribution < -0.4 is 10.6 Å². The lowest BCUT2D eigenvalue weighted by Crippen LogP contribution is -2.43. The number of carbonyl (C=O) groups is 2. The standard InChI is InChI=1S/C11H18N6O2/c1-3-16(2)10(18)6-13-11(19)9-7-17(15-14-9)8-4-12-5-8/h7-8,12H,3-6H2,1-2H3,(H,13,19). The maximum Gasteiger partial charge on any atom is 0.273 e. The maximum atomic E-state index is 11.8. The van der Waals surface area contributed by atoms with E-state index in [1.54, 1.807) is 17.9 Å². The van der Waals surface area contributed by atoms with E-state index in [1.807, 2.05) is 6.92 Å². The van der Waals surface area contributed by atoms with Crippen LogP contribution in [0.25, 0.3) is 0 Å². The summed E-state index contributed by atoms with van der Waals surface area (Å²) in [7, 11) is 1.69. The summed E-state index contributed by atoms with van der Waals surface area (Å²) in [6.07, 6.45) is 1.61. The number of carbonyl (C=O) groups excluding carboxylic acids is 2. The van der Waals surface area contributed by atoms with Gasteiger partial charge >= 0.3 is 0 Å².